The van der Waals surface area contributed by atoms with Crippen LogP contribution in [0.15, 0.2) is 60.7 Å². The third kappa shape index (κ3) is 5.07. The van der Waals surface area contributed by atoms with Crippen molar-refractivity contribution in [2.24, 2.45) is 0 Å². The average Bonchev–Trinajstić information content (AvgIpc) is 3.24. The van der Waals surface area contributed by atoms with Crippen molar-refractivity contribution in [1.82, 2.24) is 0 Å². The predicted octanol–water partition coefficient (Wildman–Crippen LogP) is 2.03. The van der Waals surface area contributed by atoms with Gasteiger partial charge in [-0.05, 0) is 0 Å². The molecule has 0 N–H and O–H groups in total. The summed E-state index contributed by atoms with van der Waals surface area (Å²) in [6.07, 6.45) is 3.03. The molecule has 0 saturated carbocycles. The number of hydrogen-bond acceptors (Lipinski definition) is 4. The van der Waals surface area contributed by atoms with E-state index in [1.165, 1.54) is 8.92 Å². The molecule has 4 atom stereocenters. The van der Waals surface area contributed by atoms with Crippen LogP contribution in [0, 0.1) is 0 Å². The molecule has 2 aliphatic heterocycles. The van der Waals surface area contributed by atoms with Gasteiger partial charge < -0.3 is 0 Å². The van der Waals surface area contributed by atoms with E-state index in [1.54, 1.807) is 0 Å². The molecule has 0 bridgehead atoms. The molecule has 2 heterocycles. The molecular weight excluding hydrogens is 486 g/mol. The molecule has 0 spiro atoms. The minimum atomic E-state index is -0.0671. The van der Waals surface area contributed by atoms with Crippen LogP contribution in [-0.2, 0) is 19.1 Å². The van der Waals surface area contributed by atoms with Gasteiger partial charge in [0.15, 0.2) is 0 Å². The Hall–Kier alpha value is -1.58. The number of cyclic esters (lactones) is 2. The quantitative estimate of drug-likeness (QED) is 0.425. The van der Waals surface area contributed by atoms with Gasteiger partial charge in [0.25, 0.3) is 0 Å². The molecule has 4 unspecified atom stereocenters. The van der Waals surface area contributed by atoms with Crippen molar-refractivity contribution in [2.75, 3.05) is 0 Å². The summed E-state index contributed by atoms with van der Waals surface area (Å²) in [6, 6.07) is 20.3. The maximum absolute atomic E-state index is 12.2. The molecule has 0 radical (unpaired) electrons. The first-order chi connectivity index (χ1) is 13.7. The molecule has 4 rings (SSSR count). The fraction of sp³-hybridized carbons (Fsp3) is 0.364. The van der Waals surface area contributed by atoms with Crippen LogP contribution >= 0.6 is 0 Å². The monoisotopic (exact) mass is 510 g/mol. The van der Waals surface area contributed by atoms with Crippen molar-refractivity contribution < 1.29 is 19.1 Å². The van der Waals surface area contributed by atoms with Crippen molar-refractivity contribution >= 4 is 50.8 Å². The summed E-state index contributed by atoms with van der Waals surface area (Å²) < 4.78 is 13.7. The van der Waals surface area contributed by atoms with Gasteiger partial charge in [-0.15, -0.1) is 0 Å². The van der Waals surface area contributed by atoms with Gasteiger partial charge in [0.05, 0.1) is 0 Å². The van der Waals surface area contributed by atoms with E-state index in [9.17, 15) is 9.59 Å². The summed E-state index contributed by atoms with van der Waals surface area (Å²) >= 11 is 0.215. The molecule has 2 aromatic rings. The van der Waals surface area contributed by atoms with Crippen molar-refractivity contribution in [3.63, 3.8) is 0 Å². The van der Waals surface area contributed by atoms with E-state index in [1.807, 2.05) is 36.4 Å². The van der Waals surface area contributed by atoms with Crippen LogP contribution in [0.1, 0.15) is 25.7 Å². The van der Waals surface area contributed by atoms with Gasteiger partial charge >= 0.3 is 178 Å². The van der Waals surface area contributed by atoms with Crippen LogP contribution in [0.3, 0.4) is 0 Å². The summed E-state index contributed by atoms with van der Waals surface area (Å²) in [5, 5.41) is 0. The third-order valence-corrected chi connectivity index (χ3v) is 9.99. The van der Waals surface area contributed by atoms with Crippen molar-refractivity contribution in [3.05, 3.63) is 60.7 Å². The number of esters is 2. The fourth-order valence-corrected chi connectivity index (χ4v) is 8.13. The maximum atomic E-state index is 12.2. The molecule has 6 heteroatoms. The Labute approximate surface area is 177 Å². The topological polar surface area (TPSA) is 52.6 Å². The minimum absolute atomic E-state index is 0.000177. The van der Waals surface area contributed by atoms with E-state index < -0.39 is 0 Å². The summed E-state index contributed by atoms with van der Waals surface area (Å²) in [5.41, 5.74) is 0. The molecule has 0 aromatic heterocycles. The van der Waals surface area contributed by atoms with Crippen LogP contribution in [-0.4, -0.2) is 54.1 Å². The molecule has 0 amide bonds. The van der Waals surface area contributed by atoms with E-state index >= 15 is 0 Å². The van der Waals surface area contributed by atoms with Gasteiger partial charge in [-0.25, -0.2) is 0 Å². The first-order valence-corrected chi connectivity index (χ1v) is 13.2. The van der Waals surface area contributed by atoms with Gasteiger partial charge in [-0.2, -0.15) is 0 Å². The number of ether oxygens (including phenoxy) is 2. The predicted molar refractivity (Wildman–Crippen MR) is 109 cm³/mol. The van der Waals surface area contributed by atoms with Crippen molar-refractivity contribution in [2.45, 2.75) is 47.5 Å². The Morgan fingerprint density at radius 1 is 0.679 bits per heavy atom. The fourth-order valence-electron chi connectivity index (χ4n) is 3.49. The zero-order chi connectivity index (χ0) is 19.3. The van der Waals surface area contributed by atoms with Gasteiger partial charge in [-0.3, -0.25) is 0 Å². The molecule has 2 aliphatic rings. The second kappa shape index (κ2) is 9.28. The van der Waals surface area contributed by atoms with E-state index in [4.69, 9.17) is 9.47 Å². The van der Waals surface area contributed by atoms with Crippen molar-refractivity contribution in [1.29, 1.82) is 0 Å². The molecule has 2 saturated heterocycles. The zero-order valence-electron chi connectivity index (χ0n) is 15.4. The number of rotatable bonds is 7. The van der Waals surface area contributed by atoms with Crippen LogP contribution in [0.5, 0.6) is 0 Å². The SMILES string of the molecule is O=C1OC(CCC2CC([Se]c3ccccc3)C(=O)O2)CC1[Se]c1ccccc1. The summed E-state index contributed by atoms with van der Waals surface area (Å²) in [7, 11) is 0. The van der Waals surface area contributed by atoms with E-state index in [0.29, 0.717) is 0 Å². The third-order valence-electron chi connectivity index (χ3n) is 4.90. The van der Waals surface area contributed by atoms with Gasteiger partial charge in [-0.1, -0.05) is 0 Å². The Bertz CT molecular complexity index is 742. The van der Waals surface area contributed by atoms with Crippen LogP contribution in [0.2, 0.25) is 9.63 Å². The second-order valence-corrected chi connectivity index (χ2v) is 12.4. The van der Waals surface area contributed by atoms with Crippen molar-refractivity contribution in [3.8, 4) is 0 Å². The summed E-state index contributed by atoms with van der Waals surface area (Å²) in [5.74, 6) is -0.134. The molecule has 4 nitrogen and oxygen atoms in total. The number of carbonyl (C=O) groups excluding carboxylic acids is 2. The molecule has 2 fully saturated rings. The van der Waals surface area contributed by atoms with Gasteiger partial charge in [0.2, 0.25) is 0 Å². The van der Waals surface area contributed by atoms with Crippen LogP contribution in [0.25, 0.3) is 0 Å². The Morgan fingerprint density at radius 3 is 1.46 bits per heavy atom. The van der Waals surface area contributed by atoms with Gasteiger partial charge in [0.1, 0.15) is 0 Å². The first-order valence-electron chi connectivity index (χ1n) is 9.52. The van der Waals surface area contributed by atoms with Gasteiger partial charge in [0, 0.05) is 0 Å². The molecule has 2 aromatic carbocycles. The standard InChI is InChI=1S/C22H22O4Se2/c23-21-19(27-17-7-3-1-4-8-17)13-15(25-21)11-12-16-14-20(22(24)26-16)28-18-9-5-2-6-10-18/h1-10,15-16,19-20H,11-14H2. The molecule has 0 aliphatic carbocycles. The Morgan fingerprint density at radius 2 is 1.07 bits per heavy atom. The number of hydrogen-bond donors (Lipinski definition) is 0. The van der Waals surface area contributed by atoms with E-state index in [2.05, 4.69) is 24.3 Å². The normalized spacial score (nSPS) is 26.9. The van der Waals surface area contributed by atoms with E-state index in [-0.39, 0.29) is 63.7 Å². The number of carbonyl (C=O) groups is 2. The Balaban J connectivity index is 1.24. The molecule has 146 valence electrons. The molecular formula is C22H22O4Se2. The summed E-state index contributed by atoms with van der Waals surface area (Å²) in [6.45, 7) is 0. The molecule has 28 heavy (non-hydrogen) atoms. The summed E-state index contributed by atoms with van der Waals surface area (Å²) in [4.78, 5) is 24.4. The zero-order valence-corrected chi connectivity index (χ0v) is 18.8. The average molecular weight is 508 g/mol. The van der Waals surface area contributed by atoms with Crippen LogP contribution < -0.4 is 8.92 Å². The first kappa shape index (κ1) is 19.7. The van der Waals surface area contributed by atoms with E-state index in [0.717, 1.165) is 25.7 Å². The number of benzene rings is 2. The second-order valence-electron chi connectivity index (χ2n) is 7.01. The van der Waals surface area contributed by atoms with Crippen LogP contribution in [0.4, 0.5) is 0 Å². The Kier molecular flexibility index (Phi) is 6.54.